The second-order valence-electron chi connectivity index (χ2n) is 4.78. The van der Waals surface area contributed by atoms with Crippen molar-refractivity contribution in [3.05, 3.63) is 29.8 Å². The molecule has 0 unspecified atom stereocenters. The summed E-state index contributed by atoms with van der Waals surface area (Å²) in [5.41, 5.74) is 0.563. The van der Waals surface area contributed by atoms with Crippen molar-refractivity contribution in [2.45, 2.75) is 32.0 Å². The molecule has 5 heteroatoms. The van der Waals surface area contributed by atoms with Crippen molar-refractivity contribution in [2.24, 2.45) is 0 Å². The molecule has 1 aliphatic heterocycles. The van der Waals surface area contributed by atoms with Crippen LogP contribution in [0.4, 0.5) is 0 Å². The second kappa shape index (κ2) is 6.92. The van der Waals surface area contributed by atoms with E-state index in [2.05, 4.69) is 5.32 Å². The third-order valence-corrected chi connectivity index (χ3v) is 3.19. The third kappa shape index (κ3) is 3.97. The van der Waals surface area contributed by atoms with Crippen LogP contribution in [-0.4, -0.2) is 31.3 Å². The fourth-order valence-corrected chi connectivity index (χ4v) is 2.03. The summed E-state index contributed by atoms with van der Waals surface area (Å²) >= 11 is 0. The van der Waals surface area contributed by atoms with Gasteiger partial charge in [-0.1, -0.05) is 0 Å². The van der Waals surface area contributed by atoms with Crippen LogP contribution in [0.1, 0.15) is 25.3 Å². The first-order valence-electron chi connectivity index (χ1n) is 6.75. The molecule has 106 valence electrons. The lowest BCUT2D eigenvalue weighted by Gasteiger charge is -2.16. The van der Waals surface area contributed by atoms with E-state index in [4.69, 9.17) is 14.7 Å². The quantitative estimate of drug-likeness (QED) is 0.885. The molecule has 20 heavy (non-hydrogen) atoms. The number of nitriles is 1. The van der Waals surface area contributed by atoms with Crippen molar-refractivity contribution >= 4 is 5.91 Å². The molecule has 1 amide bonds. The lowest BCUT2D eigenvalue weighted by molar-refractivity contribution is -0.127. The number of nitrogens with one attached hydrogen (secondary N) is 1. The van der Waals surface area contributed by atoms with Gasteiger partial charge in [-0.25, -0.2) is 0 Å². The van der Waals surface area contributed by atoms with Gasteiger partial charge >= 0.3 is 0 Å². The lowest BCUT2D eigenvalue weighted by atomic mass is 10.2. The molecule has 2 rings (SSSR count). The maximum atomic E-state index is 11.9. The van der Waals surface area contributed by atoms with Crippen LogP contribution >= 0.6 is 0 Å². The van der Waals surface area contributed by atoms with Crippen LogP contribution < -0.4 is 10.1 Å². The van der Waals surface area contributed by atoms with Gasteiger partial charge in [-0.15, -0.1) is 0 Å². The van der Waals surface area contributed by atoms with Crippen LogP contribution in [-0.2, 0) is 9.53 Å². The largest absolute Gasteiger partial charge is 0.481 e. The first kappa shape index (κ1) is 14.4. The number of ether oxygens (including phenoxy) is 2. The Hall–Kier alpha value is -2.06. The molecule has 1 aromatic carbocycles. The fraction of sp³-hybridized carbons (Fsp3) is 0.467. The van der Waals surface area contributed by atoms with Crippen LogP contribution in [0.5, 0.6) is 5.75 Å². The molecule has 1 fully saturated rings. The number of hydrogen-bond donors (Lipinski definition) is 1. The monoisotopic (exact) mass is 274 g/mol. The van der Waals surface area contributed by atoms with Gasteiger partial charge in [0.2, 0.25) is 0 Å². The number of carbonyl (C=O) groups excluding carboxylic acids is 1. The summed E-state index contributed by atoms with van der Waals surface area (Å²) in [6, 6.07) is 8.72. The zero-order chi connectivity index (χ0) is 14.4. The highest BCUT2D eigenvalue weighted by Crippen LogP contribution is 2.14. The van der Waals surface area contributed by atoms with Gasteiger partial charge in [-0.05, 0) is 44.0 Å². The molecular weight excluding hydrogens is 256 g/mol. The van der Waals surface area contributed by atoms with Crippen molar-refractivity contribution in [1.82, 2.24) is 5.32 Å². The molecule has 0 bridgehead atoms. The normalized spacial score (nSPS) is 19.1. The van der Waals surface area contributed by atoms with Crippen molar-refractivity contribution < 1.29 is 14.3 Å². The zero-order valence-electron chi connectivity index (χ0n) is 11.5. The minimum Gasteiger partial charge on any atom is -0.481 e. The van der Waals surface area contributed by atoms with Gasteiger partial charge in [-0.2, -0.15) is 5.26 Å². The first-order valence-corrected chi connectivity index (χ1v) is 6.75. The van der Waals surface area contributed by atoms with Crippen LogP contribution in [0.3, 0.4) is 0 Å². The Morgan fingerprint density at radius 3 is 2.90 bits per heavy atom. The standard InChI is InChI=1S/C15H18N2O3/c1-11(15(18)17-10-14-3-2-8-19-14)20-13-6-4-12(9-16)5-7-13/h4-7,11,14H,2-3,8,10H2,1H3,(H,17,18)/t11-,14+/m0/s1. The van der Waals surface area contributed by atoms with Gasteiger partial charge < -0.3 is 14.8 Å². The zero-order valence-corrected chi connectivity index (χ0v) is 11.5. The van der Waals surface area contributed by atoms with Crippen LogP contribution in [0, 0.1) is 11.3 Å². The van der Waals surface area contributed by atoms with Gasteiger partial charge in [0.1, 0.15) is 5.75 Å². The van der Waals surface area contributed by atoms with E-state index in [9.17, 15) is 4.79 Å². The molecule has 1 saturated heterocycles. The summed E-state index contributed by atoms with van der Waals surface area (Å²) in [7, 11) is 0. The second-order valence-corrected chi connectivity index (χ2v) is 4.78. The Morgan fingerprint density at radius 1 is 1.55 bits per heavy atom. The minimum absolute atomic E-state index is 0.126. The highest BCUT2D eigenvalue weighted by atomic mass is 16.5. The Kier molecular flexibility index (Phi) is 4.97. The van der Waals surface area contributed by atoms with Crippen molar-refractivity contribution in [3.8, 4) is 11.8 Å². The van der Waals surface area contributed by atoms with Gasteiger partial charge in [0.15, 0.2) is 6.10 Å². The van der Waals surface area contributed by atoms with Gasteiger partial charge in [0.25, 0.3) is 5.91 Å². The number of amides is 1. The van der Waals surface area contributed by atoms with E-state index in [1.807, 2.05) is 6.07 Å². The molecule has 5 nitrogen and oxygen atoms in total. The van der Waals surface area contributed by atoms with E-state index in [1.165, 1.54) is 0 Å². The molecule has 0 aliphatic carbocycles. The Bertz CT molecular complexity index is 487. The minimum atomic E-state index is -0.579. The van der Waals surface area contributed by atoms with Gasteiger partial charge in [-0.3, -0.25) is 4.79 Å². The van der Waals surface area contributed by atoms with Crippen LogP contribution in [0.2, 0.25) is 0 Å². The fourth-order valence-electron chi connectivity index (χ4n) is 2.03. The first-order chi connectivity index (χ1) is 9.69. The number of nitrogens with zero attached hydrogens (tertiary/aromatic N) is 1. The molecule has 0 spiro atoms. The summed E-state index contributed by atoms with van der Waals surface area (Å²) in [6.07, 6.45) is 1.59. The summed E-state index contributed by atoms with van der Waals surface area (Å²) in [4.78, 5) is 11.9. The van der Waals surface area contributed by atoms with Crippen LogP contribution in [0.15, 0.2) is 24.3 Å². The van der Waals surface area contributed by atoms with E-state index in [0.29, 0.717) is 17.9 Å². The van der Waals surface area contributed by atoms with Gasteiger partial charge in [0, 0.05) is 13.2 Å². The molecule has 0 saturated carbocycles. The molecule has 0 radical (unpaired) electrons. The van der Waals surface area contributed by atoms with E-state index < -0.39 is 6.10 Å². The number of carbonyl (C=O) groups is 1. The summed E-state index contributed by atoms with van der Waals surface area (Å²) in [5, 5.41) is 11.5. The van der Waals surface area contributed by atoms with Crippen LogP contribution in [0.25, 0.3) is 0 Å². The van der Waals surface area contributed by atoms with Gasteiger partial charge in [0.05, 0.1) is 17.7 Å². The average molecular weight is 274 g/mol. The predicted octanol–water partition coefficient (Wildman–Crippen LogP) is 1.62. The molecular formula is C15H18N2O3. The number of benzene rings is 1. The maximum Gasteiger partial charge on any atom is 0.260 e. The predicted molar refractivity (Wildman–Crippen MR) is 73.2 cm³/mol. The molecule has 1 aromatic rings. The summed E-state index contributed by atoms with van der Waals surface area (Å²) in [6.45, 7) is 3.00. The van der Waals surface area contributed by atoms with E-state index >= 15 is 0 Å². The number of rotatable bonds is 5. The molecule has 1 N–H and O–H groups in total. The topological polar surface area (TPSA) is 71.3 Å². The van der Waals surface area contributed by atoms with Crippen molar-refractivity contribution in [1.29, 1.82) is 5.26 Å². The lowest BCUT2D eigenvalue weighted by Crippen LogP contribution is -2.40. The number of hydrogen-bond acceptors (Lipinski definition) is 4. The van der Waals surface area contributed by atoms with E-state index in [-0.39, 0.29) is 12.0 Å². The van der Waals surface area contributed by atoms with E-state index in [0.717, 1.165) is 19.4 Å². The third-order valence-electron chi connectivity index (χ3n) is 3.19. The molecule has 1 heterocycles. The molecule has 2 atom stereocenters. The highest BCUT2D eigenvalue weighted by Gasteiger charge is 2.19. The Balaban J connectivity index is 1.79. The van der Waals surface area contributed by atoms with Crippen molar-refractivity contribution in [3.63, 3.8) is 0 Å². The molecule has 0 aromatic heterocycles. The summed E-state index contributed by atoms with van der Waals surface area (Å²) in [5.74, 6) is 0.411. The Labute approximate surface area is 118 Å². The average Bonchev–Trinajstić information content (AvgIpc) is 2.98. The molecule has 1 aliphatic rings. The summed E-state index contributed by atoms with van der Waals surface area (Å²) < 4.78 is 11.0. The smallest absolute Gasteiger partial charge is 0.260 e. The maximum absolute atomic E-state index is 11.9. The van der Waals surface area contributed by atoms with Crippen molar-refractivity contribution in [2.75, 3.05) is 13.2 Å². The SMILES string of the molecule is C[C@H](Oc1ccc(C#N)cc1)C(=O)NC[C@H]1CCCO1. The highest BCUT2D eigenvalue weighted by molar-refractivity contribution is 5.80. The van der Waals surface area contributed by atoms with E-state index in [1.54, 1.807) is 31.2 Å². The Morgan fingerprint density at radius 2 is 2.30 bits per heavy atom.